The number of ether oxygens (including phenoxy) is 1. The van der Waals surface area contributed by atoms with Crippen molar-refractivity contribution in [2.24, 2.45) is 5.10 Å². The van der Waals surface area contributed by atoms with E-state index in [4.69, 9.17) is 16.3 Å². The molecule has 0 aliphatic heterocycles. The summed E-state index contributed by atoms with van der Waals surface area (Å²) in [5.74, 6) is -0.558. The molecule has 8 heteroatoms. The van der Waals surface area contributed by atoms with E-state index in [1.165, 1.54) is 31.3 Å². The molecule has 1 amide bonds. The van der Waals surface area contributed by atoms with Gasteiger partial charge in [-0.1, -0.05) is 17.7 Å². The Kier molecular flexibility index (Phi) is 4.90. The molecule has 3 rings (SSSR count). The predicted molar refractivity (Wildman–Crippen MR) is 97.8 cm³/mol. The fourth-order valence-electron chi connectivity index (χ4n) is 2.31. The molecule has 0 spiro atoms. The minimum absolute atomic E-state index is 0.0811. The molecular weight excluding hydrogens is 358 g/mol. The minimum atomic E-state index is -0.466. The summed E-state index contributed by atoms with van der Waals surface area (Å²) in [7, 11) is 0. The number of esters is 1. The van der Waals surface area contributed by atoms with Crippen LogP contribution in [0.15, 0.2) is 47.7 Å². The van der Waals surface area contributed by atoms with Gasteiger partial charge in [0.2, 0.25) is 0 Å². The Balaban J connectivity index is 1.74. The first-order valence-electron chi connectivity index (χ1n) is 7.55. The number of aromatic amines is 1. The third-order valence-corrected chi connectivity index (χ3v) is 3.81. The summed E-state index contributed by atoms with van der Waals surface area (Å²) in [5, 5.41) is 14.1. The summed E-state index contributed by atoms with van der Waals surface area (Å²) >= 11 is 5.78. The normalized spacial score (nSPS) is 11.0. The average molecular weight is 372 g/mol. The number of phenolic OH excluding ortho intramolecular Hbond substituents is 1. The van der Waals surface area contributed by atoms with E-state index in [9.17, 15) is 14.7 Å². The third-order valence-electron chi connectivity index (χ3n) is 3.51. The van der Waals surface area contributed by atoms with Crippen LogP contribution in [-0.2, 0) is 4.79 Å². The van der Waals surface area contributed by atoms with E-state index >= 15 is 0 Å². The molecule has 2 aromatic carbocycles. The second kappa shape index (κ2) is 7.28. The standard InChI is InChI=1S/C18H14ClN3O4/c1-10(23)26-17-9-20-15-4-2-11(6-13(15)17)8-21-22-18(25)12-3-5-16(24)14(19)7-12/h2-9,20,24H,1H3,(H,22,25). The molecular formula is C18H14ClN3O4. The van der Waals surface area contributed by atoms with Crippen molar-refractivity contribution in [1.29, 1.82) is 0 Å². The summed E-state index contributed by atoms with van der Waals surface area (Å²) in [4.78, 5) is 26.2. The van der Waals surface area contributed by atoms with Crippen molar-refractivity contribution in [1.82, 2.24) is 10.4 Å². The van der Waals surface area contributed by atoms with E-state index in [0.717, 1.165) is 10.9 Å². The number of nitrogens with one attached hydrogen (secondary N) is 2. The molecule has 0 unspecified atom stereocenters. The Morgan fingerprint density at radius 1 is 1.27 bits per heavy atom. The van der Waals surface area contributed by atoms with E-state index in [-0.39, 0.29) is 16.3 Å². The minimum Gasteiger partial charge on any atom is -0.506 e. The molecule has 1 aromatic heterocycles. The van der Waals surface area contributed by atoms with Crippen LogP contribution < -0.4 is 10.2 Å². The van der Waals surface area contributed by atoms with Crippen molar-refractivity contribution < 1.29 is 19.4 Å². The van der Waals surface area contributed by atoms with Crippen LogP contribution in [0, 0.1) is 0 Å². The summed E-state index contributed by atoms with van der Waals surface area (Å²) in [6, 6.07) is 9.49. The van der Waals surface area contributed by atoms with E-state index < -0.39 is 11.9 Å². The summed E-state index contributed by atoms with van der Waals surface area (Å²) in [5.41, 5.74) is 4.16. The second-order valence-corrected chi connectivity index (χ2v) is 5.82. The number of hydrazone groups is 1. The molecule has 132 valence electrons. The molecule has 0 atom stereocenters. The monoisotopic (exact) mass is 371 g/mol. The molecule has 1 heterocycles. The Hall–Kier alpha value is -3.32. The lowest BCUT2D eigenvalue weighted by molar-refractivity contribution is -0.131. The fraction of sp³-hybridized carbons (Fsp3) is 0.0556. The molecule has 0 saturated heterocycles. The number of hydrogen-bond donors (Lipinski definition) is 3. The van der Waals surface area contributed by atoms with Crippen molar-refractivity contribution >= 4 is 40.6 Å². The maximum Gasteiger partial charge on any atom is 0.308 e. The number of halogens is 1. The highest BCUT2D eigenvalue weighted by molar-refractivity contribution is 6.32. The van der Waals surface area contributed by atoms with Gasteiger partial charge in [-0.25, -0.2) is 5.43 Å². The number of fused-ring (bicyclic) bond motifs is 1. The van der Waals surface area contributed by atoms with Gasteiger partial charge in [0.05, 0.1) is 11.2 Å². The summed E-state index contributed by atoms with van der Waals surface area (Å²) in [6.07, 6.45) is 3.06. The Morgan fingerprint density at radius 2 is 2.08 bits per heavy atom. The number of amides is 1. The molecule has 0 fully saturated rings. The first-order valence-corrected chi connectivity index (χ1v) is 7.93. The third kappa shape index (κ3) is 3.84. The van der Waals surface area contributed by atoms with Crippen LogP contribution in [-0.4, -0.2) is 28.2 Å². The molecule has 0 bridgehead atoms. The lowest BCUT2D eigenvalue weighted by Crippen LogP contribution is -2.17. The van der Waals surface area contributed by atoms with Gasteiger partial charge in [0.1, 0.15) is 5.75 Å². The Labute approximate surface area is 153 Å². The van der Waals surface area contributed by atoms with E-state index in [1.54, 1.807) is 18.3 Å². The fourth-order valence-corrected chi connectivity index (χ4v) is 2.49. The number of hydrogen-bond acceptors (Lipinski definition) is 5. The average Bonchev–Trinajstić information content (AvgIpc) is 2.99. The highest BCUT2D eigenvalue weighted by atomic mass is 35.5. The lowest BCUT2D eigenvalue weighted by Gasteiger charge is -2.02. The molecule has 26 heavy (non-hydrogen) atoms. The molecule has 0 radical (unpaired) electrons. The van der Waals surface area contributed by atoms with E-state index in [0.29, 0.717) is 11.3 Å². The van der Waals surface area contributed by atoms with Gasteiger partial charge in [-0.3, -0.25) is 9.59 Å². The maximum atomic E-state index is 12.0. The van der Waals surface area contributed by atoms with Crippen molar-refractivity contribution in [3.63, 3.8) is 0 Å². The quantitative estimate of drug-likeness (QED) is 0.372. The zero-order valence-electron chi connectivity index (χ0n) is 13.6. The number of nitrogens with zero attached hydrogens (tertiary/aromatic N) is 1. The van der Waals surface area contributed by atoms with Gasteiger partial charge in [-0.2, -0.15) is 5.10 Å². The molecule has 3 N–H and O–H groups in total. The van der Waals surface area contributed by atoms with Crippen molar-refractivity contribution in [2.45, 2.75) is 6.92 Å². The largest absolute Gasteiger partial charge is 0.506 e. The zero-order chi connectivity index (χ0) is 18.7. The van der Waals surface area contributed by atoms with Gasteiger partial charge in [-0.15, -0.1) is 0 Å². The van der Waals surface area contributed by atoms with E-state index in [2.05, 4.69) is 15.5 Å². The van der Waals surface area contributed by atoms with Crippen LogP contribution in [0.2, 0.25) is 5.02 Å². The number of H-pyrrole nitrogens is 1. The van der Waals surface area contributed by atoms with Crippen LogP contribution >= 0.6 is 11.6 Å². The summed E-state index contributed by atoms with van der Waals surface area (Å²) in [6.45, 7) is 1.33. The van der Waals surface area contributed by atoms with Gasteiger partial charge in [0.15, 0.2) is 5.75 Å². The number of benzene rings is 2. The van der Waals surface area contributed by atoms with Crippen LogP contribution in [0.5, 0.6) is 11.5 Å². The van der Waals surface area contributed by atoms with Crippen LogP contribution in [0.1, 0.15) is 22.8 Å². The van der Waals surface area contributed by atoms with Gasteiger partial charge >= 0.3 is 5.97 Å². The molecule has 0 aliphatic rings. The molecule has 7 nitrogen and oxygen atoms in total. The first-order chi connectivity index (χ1) is 12.4. The van der Waals surface area contributed by atoms with Gasteiger partial charge in [-0.05, 0) is 35.9 Å². The van der Waals surface area contributed by atoms with Crippen molar-refractivity contribution in [2.75, 3.05) is 0 Å². The van der Waals surface area contributed by atoms with E-state index in [1.807, 2.05) is 6.07 Å². The second-order valence-electron chi connectivity index (χ2n) is 5.42. The highest BCUT2D eigenvalue weighted by Gasteiger charge is 2.09. The molecule has 0 saturated carbocycles. The number of rotatable bonds is 4. The van der Waals surface area contributed by atoms with Gasteiger partial charge in [0, 0.05) is 29.6 Å². The van der Waals surface area contributed by atoms with Crippen LogP contribution in [0.4, 0.5) is 0 Å². The van der Waals surface area contributed by atoms with Crippen molar-refractivity contribution in [3.8, 4) is 11.5 Å². The lowest BCUT2D eigenvalue weighted by atomic mass is 10.1. The van der Waals surface area contributed by atoms with Crippen LogP contribution in [0.25, 0.3) is 10.9 Å². The predicted octanol–water partition coefficient (Wildman–Crippen LogP) is 3.22. The number of carbonyl (C=O) groups excluding carboxylic acids is 2. The first kappa shape index (κ1) is 17.5. The number of aromatic hydroxyl groups is 1. The molecule has 3 aromatic rings. The number of aromatic nitrogens is 1. The Bertz CT molecular complexity index is 1030. The highest BCUT2D eigenvalue weighted by Crippen LogP contribution is 2.26. The Morgan fingerprint density at radius 3 is 2.81 bits per heavy atom. The van der Waals surface area contributed by atoms with Crippen molar-refractivity contribution in [3.05, 3.63) is 58.7 Å². The smallest absolute Gasteiger partial charge is 0.308 e. The van der Waals surface area contributed by atoms with Crippen LogP contribution in [0.3, 0.4) is 0 Å². The SMILES string of the molecule is CC(=O)Oc1c[nH]c2ccc(C=NNC(=O)c3ccc(O)c(Cl)c3)cc12. The maximum absolute atomic E-state index is 12.0. The van der Waals surface area contributed by atoms with Gasteiger partial charge < -0.3 is 14.8 Å². The zero-order valence-corrected chi connectivity index (χ0v) is 14.4. The summed E-state index contributed by atoms with van der Waals surface area (Å²) < 4.78 is 5.13. The topological polar surface area (TPSA) is 104 Å². The number of carbonyl (C=O) groups is 2. The number of phenols is 1. The van der Waals surface area contributed by atoms with Gasteiger partial charge in [0.25, 0.3) is 5.91 Å². The molecule has 0 aliphatic carbocycles.